The Morgan fingerprint density at radius 3 is 2.36 bits per heavy atom. The average molecular weight is 523 g/mol. The van der Waals surface area contributed by atoms with Crippen molar-refractivity contribution in [1.29, 1.82) is 0 Å². The lowest BCUT2D eigenvalue weighted by atomic mass is 10.2. The zero-order chi connectivity index (χ0) is 23.5. The Morgan fingerprint density at radius 1 is 0.939 bits per heavy atom. The van der Waals surface area contributed by atoms with Crippen molar-refractivity contribution in [3.63, 3.8) is 0 Å². The van der Waals surface area contributed by atoms with Crippen LogP contribution < -0.4 is 5.32 Å². The summed E-state index contributed by atoms with van der Waals surface area (Å²) in [5.41, 5.74) is 5.17. The van der Waals surface area contributed by atoms with Crippen molar-refractivity contribution in [3.05, 3.63) is 80.0 Å². The van der Waals surface area contributed by atoms with Crippen LogP contribution in [0, 0.1) is 13.8 Å². The van der Waals surface area contributed by atoms with E-state index in [1.165, 1.54) is 5.56 Å². The van der Waals surface area contributed by atoms with Crippen molar-refractivity contribution in [2.45, 2.75) is 26.9 Å². The molecule has 2 aromatic carbocycles. The first-order valence-corrected chi connectivity index (χ1v) is 12.3. The van der Waals surface area contributed by atoms with Crippen LogP contribution in [-0.4, -0.2) is 50.9 Å². The van der Waals surface area contributed by atoms with E-state index in [1.54, 1.807) is 0 Å². The number of halogens is 3. The lowest BCUT2D eigenvalue weighted by Gasteiger charge is -2.36. The highest BCUT2D eigenvalue weighted by atomic mass is 35.5. The van der Waals surface area contributed by atoms with E-state index in [2.05, 4.69) is 21.2 Å². The number of aromatic nitrogens is 2. The fourth-order valence-electron chi connectivity index (χ4n) is 4.03. The van der Waals surface area contributed by atoms with Gasteiger partial charge in [-0.15, -0.1) is 0 Å². The van der Waals surface area contributed by atoms with Gasteiger partial charge in [-0.3, -0.25) is 9.58 Å². The Morgan fingerprint density at radius 2 is 1.67 bits per heavy atom. The van der Waals surface area contributed by atoms with E-state index in [4.69, 9.17) is 52.1 Å². The molecule has 0 aliphatic carbocycles. The molecule has 4 rings (SSSR count). The molecule has 0 radical (unpaired) electrons. The van der Waals surface area contributed by atoms with Gasteiger partial charge in [-0.05, 0) is 61.5 Å². The third-order valence-electron chi connectivity index (χ3n) is 5.88. The molecule has 0 atom stereocenters. The van der Waals surface area contributed by atoms with Crippen molar-refractivity contribution in [3.8, 4) is 0 Å². The van der Waals surface area contributed by atoms with E-state index >= 15 is 0 Å². The Balaban J connectivity index is 1.35. The van der Waals surface area contributed by atoms with Crippen molar-refractivity contribution < 1.29 is 0 Å². The molecule has 1 fully saturated rings. The highest BCUT2D eigenvalue weighted by Gasteiger charge is 2.21. The Kier molecular flexibility index (Phi) is 7.82. The predicted molar refractivity (Wildman–Crippen MR) is 142 cm³/mol. The van der Waals surface area contributed by atoms with Crippen molar-refractivity contribution in [1.82, 2.24) is 19.6 Å². The number of aryl methyl sites for hydroxylation is 1. The van der Waals surface area contributed by atoms with Crippen molar-refractivity contribution in [2.24, 2.45) is 0 Å². The monoisotopic (exact) mass is 521 g/mol. The summed E-state index contributed by atoms with van der Waals surface area (Å²) in [4.78, 5) is 4.65. The van der Waals surface area contributed by atoms with Gasteiger partial charge in [-0.2, -0.15) is 5.10 Å². The SMILES string of the molecule is Cc1nn(Cc2ccc(Cl)c(Cl)c2)c(C)c1NC(=S)N1CCN(Cc2cccc(Cl)c2)CC1. The summed E-state index contributed by atoms with van der Waals surface area (Å²) in [5, 5.41) is 10.8. The molecule has 1 N–H and O–H groups in total. The van der Waals surface area contributed by atoms with Crippen LogP contribution in [0.3, 0.4) is 0 Å². The minimum Gasteiger partial charge on any atom is -0.346 e. The molecule has 1 saturated heterocycles. The van der Waals surface area contributed by atoms with Gasteiger partial charge in [0.15, 0.2) is 5.11 Å². The second-order valence-corrected chi connectivity index (χ2v) is 9.91. The van der Waals surface area contributed by atoms with Crippen LogP contribution in [0.15, 0.2) is 42.5 Å². The van der Waals surface area contributed by atoms with Gasteiger partial charge in [0.25, 0.3) is 0 Å². The summed E-state index contributed by atoms with van der Waals surface area (Å²) in [6.45, 7) is 9.20. The van der Waals surface area contributed by atoms with E-state index < -0.39 is 0 Å². The minimum atomic E-state index is 0.546. The van der Waals surface area contributed by atoms with Gasteiger partial charge >= 0.3 is 0 Å². The van der Waals surface area contributed by atoms with Crippen LogP contribution in [0.25, 0.3) is 0 Å². The first-order chi connectivity index (χ1) is 15.8. The van der Waals surface area contributed by atoms with Crippen molar-refractivity contribution in [2.75, 3.05) is 31.5 Å². The first kappa shape index (κ1) is 24.3. The molecule has 1 aliphatic heterocycles. The van der Waals surface area contributed by atoms with E-state index in [0.29, 0.717) is 16.6 Å². The Hall–Kier alpha value is -1.83. The van der Waals surface area contributed by atoms with E-state index in [0.717, 1.165) is 65.5 Å². The lowest BCUT2D eigenvalue weighted by molar-refractivity contribution is 0.177. The highest BCUT2D eigenvalue weighted by molar-refractivity contribution is 7.80. The van der Waals surface area contributed by atoms with Crippen LogP contribution in [0.2, 0.25) is 15.1 Å². The summed E-state index contributed by atoms with van der Waals surface area (Å²) < 4.78 is 1.96. The van der Waals surface area contributed by atoms with Crippen LogP contribution in [0.5, 0.6) is 0 Å². The van der Waals surface area contributed by atoms with Crippen LogP contribution in [-0.2, 0) is 13.1 Å². The lowest BCUT2D eigenvalue weighted by Crippen LogP contribution is -2.49. The highest BCUT2D eigenvalue weighted by Crippen LogP contribution is 2.25. The third kappa shape index (κ3) is 6.00. The summed E-state index contributed by atoms with van der Waals surface area (Å²) in [7, 11) is 0. The fourth-order valence-corrected chi connectivity index (χ4v) is 4.85. The number of anilines is 1. The number of nitrogens with one attached hydrogen (secondary N) is 1. The number of hydrogen-bond donors (Lipinski definition) is 1. The van der Waals surface area contributed by atoms with Crippen LogP contribution in [0.1, 0.15) is 22.5 Å². The smallest absolute Gasteiger partial charge is 0.173 e. The Bertz CT molecular complexity index is 1150. The number of nitrogens with zero attached hydrogens (tertiary/aromatic N) is 4. The summed E-state index contributed by atoms with van der Waals surface area (Å²) in [6.07, 6.45) is 0. The molecule has 1 aromatic heterocycles. The predicted octanol–water partition coefficient (Wildman–Crippen LogP) is 6.02. The quantitative estimate of drug-likeness (QED) is 0.415. The topological polar surface area (TPSA) is 36.3 Å². The van der Waals surface area contributed by atoms with Gasteiger partial charge in [0.2, 0.25) is 0 Å². The van der Waals surface area contributed by atoms with Gasteiger partial charge in [0, 0.05) is 37.7 Å². The van der Waals surface area contributed by atoms with Gasteiger partial charge in [0.1, 0.15) is 0 Å². The van der Waals surface area contributed by atoms with Gasteiger partial charge in [-0.25, -0.2) is 0 Å². The van der Waals surface area contributed by atoms with Gasteiger partial charge in [-0.1, -0.05) is 53.0 Å². The van der Waals surface area contributed by atoms with Gasteiger partial charge in [0.05, 0.1) is 33.7 Å². The van der Waals surface area contributed by atoms with E-state index in [-0.39, 0.29) is 0 Å². The molecule has 0 unspecified atom stereocenters. The minimum absolute atomic E-state index is 0.546. The molecule has 1 aliphatic rings. The molecule has 174 valence electrons. The Labute approximate surface area is 215 Å². The maximum absolute atomic E-state index is 6.17. The molecular weight excluding hydrogens is 497 g/mol. The molecule has 3 aromatic rings. The summed E-state index contributed by atoms with van der Waals surface area (Å²) in [6, 6.07) is 13.7. The molecule has 2 heterocycles. The number of hydrogen-bond acceptors (Lipinski definition) is 3. The standard InChI is InChI=1S/C24H26Cl3N5S/c1-16-23(17(2)32(29-16)15-19-6-7-21(26)22(27)13-19)28-24(33)31-10-8-30(9-11-31)14-18-4-3-5-20(25)12-18/h3-7,12-13H,8-11,14-15H2,1-2H3,(H,28,33). The number of thiocarbonyl (C=S) groups is 1. The summed E-state index contributed by atoms with van der Waals surface area (Å²) >= 11 is 24.1. The van der Waals surface area contributed by atoms with Crippen LogP contribution >= 0.6 is 47.0 Å². The second kappa shape index (κ2) is 10.6. The molecular formula is C24H26Cl3N5S. The third-order valence-corrected chi connectivity index (χ3v) is 7.22. The molecule has 0 spiro atoms. The van der Waals surface area contributed by atoms with E-state index in [9.17, 15) is 0 Å². The molecule has 9 heteroatoms. The number of piperazine rings is 1. The maximum Gasteiger partial charge on any atom is 0.173 e. The fraction of sp³-hybridized carbons (Fsp3) is 0.333. The molecule has 5 nitrogen and oxygen atoms in total. The number of rotatable bonds is 5. The van der Waals surface area contributed by atoms with Crippen molar-refractivity contribution >= 4 is 57.8 Å². The maximum atomic E-state index is 6.17. The second-order valence-electron chi connectivity index (χ2n) is 8.28. The number of benzene rings is 2. The zero-order valence-corrected chi connectivity index (χ0v) is 21.7. The van der Waals surface area contributed by atoms with Gasteiger partial charge < -0.3 is 10.2 Å². The molecule has 0 amide bonds. The largest absolute Gasteiger partial charge is 0.346 e. The average Bonchev–Trinajstić information content (AvgIpc) is 3.04. The van der Waals surface area contributed by atoms with Crippen LogP contribution in [0.4, 0.5) is 5.69 Å². The summed E-state index contributed by atoms with van der Waals surface area (Å²) in [5.74, 6) is 0. The zero-order valence-electron chi connectivity index (χ0n) is 18.6. The first-order valence-electron chi connectivity index (χ1n) is 10.8. The van der Waals surface area contributed by atoms with E-state index in [1.807, 2.05) is 54.9 Å². The normalized spacial score (nSPS) is 14.5. The molecule has 0 bridgehead atoms. The molecule has 33 heavy (non-hydrogen) atoms. The molecule has 0 saturated carbocycles.